The Labute approximate surface area is 111 Å². The third-order valence-corrected chi connectivity index (χ3v) is 2.90. The Morgan fingerprint density at radius 1 is 1.41 bits per heavy atom. The van der Waals surface area contributed by atoms with Crippen LogP contribution in [0.15, 0.2) is 23.4 Å². The van der Waals surface area contributed by atoms with Gasteiger partial charge in [-0.3, -0.25) is 0 Å². The fourth-order valence-corrected chi connectivity index (χ4v) is 1.66. The van der Waals surface area contributed by atoms with Crippen LogP contribution in [-0.4, -0.2) is 12.8 Å². The van der Waals surface area contributed by atoms with Gasteiger partial charge in [0.25, 0.3) is 0 Å². The molecule has 0 fully saturated rings. The fraction of sp³-hybridized carbons (Fsp3) is 0.333. The van der Waals surface area contributed by atoms with Crippen LogP contribution in [0.5, 0.6) is 0 Å². The molecule has 0 bridgehead atoms. The van der Waals surface area contributed by atoms with Crippen LogP contribution in [0.2, 0.25) is 10.0 Å². The maximum Gasteiger partial charge on any atom is 0.106 e. The maximum atomic E-state index is 8.50. The van der Waals surface area contributed by atoms with Gasteiger partial charge in [-0.05, 0) is 25.0 Å². The third kappa shape index (κ3) is 4.26. The summed E-state index contributed by atoms with van der Waals surface area (Å²) in [5.74, 6) is 0. The minimum atomic E-state index is 0.480. The summed E-state index contributed by atoms with van der Waals surface area (Å²) < 4.78 is 0. The van der Waals surface area contributed by atoms with Gasteiger partial charge in [0.1, 0.15) is 7.11 Å². The molecule has 0 radical (unpaired) electrons. The predicted octanol–water partition coefficient (Wildman–Crippen LogP) is 4.04. The predicted molar refractivity (Wildman–Crippen MR) is 69.5 cm³/mol. The molecule has 0 atom stereocenters. The largest absolute Gasteiger partial charge is 0.399 e. The van der Waals surface area contributed by atoms with Gasteiger partial charge in [-0.2, -0.15) is 5.26 Å². The fourth-order valence-electron chi connectivity index (χ4n) is 1.36. The lowest BCUT2D eigenvalue weighted by Crippen LogP contribution is -2.01. The van der Waals surface area contributed by atoms with Gasteiger partial charge < -0.3 is 4.84 Å². The van der Waals surface area contributed by atoms with Crippen LogP contribution in [0.3, 0.4) is 0 Å². The van der Waals surface area contributed by atoms with Crippen LogP contribution in [0.25, 0.3) is 0 Å². The highest BCUT2D eigenvalue weighted by molar-refractivity contribution is 6.42. The van der Waals surface area contributed by atoms with Gasteiger partial charge in [-0.1, -0.05) is 34.4 Å². The molecule has 0 saturated heterocycles. The van der Waals surface area contributed by atoms with E-state index in [-0.39, 0.29) is 0 Å². The van der Waals surface area contributed by atoms with Crippen molar-refractivity contribution in [3.05, 3.63) is 33.8 Å². The van der Waals surface area contributed by atoms with Crippen LogP contribution in [0.4, 0.5) is 0 Å². The number of unbranched alkanes of at least 4 members (excludes halogenated alkanes) is 1. The van der Waals surface area contributed by atoms with Crippen LogP contribution < -0.4 is 0 Å². The molecular formula is C12H12Cl2N2O. The average Bonchev–Trinajstić information content (AvgIpc) is 2.32. The number of hydrogen-bond donors (Lipinski definition) is 0. The highest BCUT2D eigenvalue weighted by Gasteiger charge is 2.07. The molecule has 0 heterocycles. The Bertz CT molecular complexity index is 452. The molecule has 1 aromatic carbocycles. The Morgan fingerprint density at radius 2 is 2.18 bits per heavy atom. The van der Waals surface area contributed by atoms with Crippen molar-refractivity contribution in [2.45, 2.75) is 19.3 Å². The lowest BCUT2D eigenvalue weighted by atomic mass is 10.1. The molecular weight excluding hydrogens is 259 g/mol. The van der Waals surface area contributed by atoms with Crippen molar-refractivity contribution in [3.8, 4) is 6.07 Å². The Hall–Kier alpha value is -1.24. The molecule has 0 saturated carbocycles. The second-order valence-corrected chi connectivity index (χ2v) is 4.18. The molecule has 0 aliphatic heterocycles. The molecule has 0 aliphatic carbocycles. The molecule has 0 aliphatic rings. The molecule has 5 heteroatoms. The van der Waals surface area contributed by atoms with Crippen LogP contribution in [0, 0.1) is 11.3 Å². The highest BCUT2D eigenvalue weighted by Crippen LogP contribution is 2.23. The molecule has 1 aromatic rings. The summed E-state index contributed by atoms with van der Waals surface area (Å²) in [4.78, 5) is 4.79. The first-order valence-corrected chi connectivity index (χ1v) is 5.87. The summed E-state index contributed by atoms with van der Waals surface area (Å²) in [7, 11) is 1.49. The number of nitriles is 1. The van der Waals surface area contributed by atoms with Gasteiger partial charge >= 0.3 is 0 Å². The first-order chi connectivity index (χ1) is 8.19. The number of hydrogen-bond acceptors (Lipinski definition) is 3. The molecule has 3 nitrogen and oxygen atoms in total. The quantitative estimate of drug-likeness (QED) is 0.461. The monoisotopic (exact) mass is 270 g/mol. The van der Waals surface area contributed by atoms with E-state index in [0.717, 1.165) is 17.7 Å². The summed E-state index contributed by atoms with van der Waals surface area (Å²) in [5.41, 5.74) is 1.63. The first kappa shape index (κ1) is 13.8. The van der Waals surface area contributed by atoms with Crippen LogP contribution in [0.1, 0.15) is 24.8 Å². The first-order valence-electron chi connectivity index (χ1n) is 5.11. The topological polar surface area (TPSA) is 45.4 Å². The van der Waals surface area contributed by atoms with E-state index in [1.54, 1.807) is 12.1 Å². The van der Waals surface area contributed by atoms with Crippen molar-refractivity contribution >= 4 is 28.9 Å². The van der Waals surface area contributed by atoms with E-state index < -0.39 is 0 Å². The highest BCUT2D eigenvalue weighted by atomic mass is 35.5. The van der Waals surface area contributed by atoms with Crippen LogP contribution >= 0.6 is 23.2 Å². The second-order valence-electron chi connectivity index (χ2n) is 3.36. The van der Waals surface area contributed by atoms with Crippen LogP contribution in [-0.2, 0) is 4.84 Å². The van der Waals surface area contributed by atoms with Gasteiger partial charge in [-0.25, -0.2) is 0 Å². The van der Waals surface area contributed by atoms with Crippen molar-refractivity contribution in [2.24, 2.45) is 5.16 Å². The molecule has 0 spiro atoms. The molecule has 0 unspecified atom stereocenters. The summed E-state index contributed by atoms with van der Waals surface area (Å²) in [6.45, 7) is 0. The smallest absolute Gasteiger partial charge is 0.106 e. The van der Waals surface area contributed by atoms with Gasteiger partial charge in [0.2, 0.25) is 0 Å². The second kappa shape index (κ2) is 7.16. The number of nitrogens with zero attached hydrogens (tertiary/aromatic N) is 2. The summed E-state index contributed by atoms with van der Waals surface area (Å²) >= 11 is 11.8. The lowest BCUT2D eigenvalue weighted by Gasteiger charge is -2.06. The average molecular weight is 271 g/mol. The summed E-state index contributed by atoms with van der Waals surface area (Å²) in [6, 6.07) is 7.39. The van der Waals surface area contributed by atoms with E-state index in [1.165, 1.54) is 7.11 Å². The van der Waals surface area contributed by atoms with E-state index >= 15 is 0 Å². The number of rotatable bonds is 5. The lowest BCUT2D eigenvalue weighted by molar-refractivity contribution is 0.212. The summed E-state index contributed by atoms with van der Waals surface area (Å²) in [6.07, 6.45) is 1.89. The summed E-state index contributed by atoms with van der Waals surface area (Å²) in [5, 5.41) is 13.4. The van der Waals surface area contributed by atoms with Crippen molar-refractivity contribution < 1.29 is 4.84 Å². The van der Waals surface area contributed by atoms with Gasteiger partial charge in [-0.15, -0.1) is 0 Å². The minimum absolute atomic E-state index is 0.480. The van der Waals surface area contributed by atoms with Gasteiger partial charge in [0.15, 0.2) is 0 Å². The van der Waals surface area contributed by atoms with E-state index in [9.17, 15) is 0 Å². The third-order valence-electron chi connectivity index (χ3n) is 2.16. The van der Waals surface area contributed by atoms with Gasteiger partial charge in [0.05, 0.1) is 21.8 Å². The molecule has 17 heavy (non-hydrogen) atoms. The Morgan fingerprint density at radius 3 is 2.76 bits per heavy atom. The molecule has 90 valence electrons. The number of benzene rings is 1. The Kier molecular flexibility index (Phi) is 5.82. The minimum Gasteiger partial charge on any atom is -0.399 e. The molecule has 1 rings (SSSR count). The number of oxime groups is 1. The number of halogens is 2. The van der Waals surface area contributed by atoms with E-state index in [1.807, 2.05) is 6.07 Å². The Balaban J connectivity index is 2.87. The van der Waals surface area contributed by atoms with Crippen molar-refractivity contribution in [3.63, 3.8) is 0 Å². The van der Waals surface area contributed by atoms with Crippen molar-refractivity contribution in [1.82, 2.24) is 0 Å². The van der Waals surface area contributed by atoms with Crippen molar-refractivity contribution in [2.75, 3.05) is 7.11 Å². The zero-order valence-corrected chi connectivity index (χ0v) is 10.9. The zero-order valence-electron chi connectivity index (χ0n) is 9.41. The molecule has 0 N–H and O–H groups in total. The van der Waals surface area contributed by atoms with E-state index in [4.69, 9.17) is 33.3 Å². The van der Waals surface area contributed by atoms with E-state index in [2.05, 4.69) is 11.2 Å². The molecule has 0 aromatic heterocycles. The maximum absolute atomic E-state index is 8.50. The molecule has 0 amide bonds. The van der Waals surface area contributed by atoms with Gasteiger partial charge in [0, 0.05) is 12.0 Å². The SMILES string of the molecule is CO/N=C(/CCCC#N)c1ccc(Cl)c(Cl)c1. The normalized spacial score (nSPS) is 11.1. The standard InChI is InChI=1S/C12H12Cl2N2O/c1-17-16-12(4-2-3-7-15)9-5-6-10(13)11(14)8-9/h5-6,8H,2-4H2,1H3/b16-12-. The van der Waals surface area contributed by atoms with E-state index in [0.29, 0.717) is 22.9 Å². The van der Waals surface area contributed by atoms with Crippen molar-refractivity contribution in [1.29, 1.82) is 5.26 Å². The zero-order chi connectivity index (χ0) is 12.7.